The van der Waals surface area contributed by atoms with E-state index in [-0.39, 0.29) is 0 Å². The van der Waals surface area contributed by atoms with E-state index in [0.29, 0.717) is 12.5 Å². The second-order valence-electron chi connectivity index (χ2n) is 3.96. The van der Waals surface area contributed by atoms with Crippen LogP contribution in [0.5, 0.6) is 0 Å². The Bertz CT molecular complexity index is 138. The van der Waals surface area contributed by atoms with Crippen molar-refractivity contribution in [1.29, 1.82) is 0 Å². The summed E-state index contributed by atoms with van der Waals surface area (Å²) in [5.74, 6) is 2.26. The monoisotopic (exact) mass is 155 g/mol. The Labute approximate surface area is 68.0 Å². The molecule has 0 radical (unpaired) electrons. The SMILES string of the molecule is OC[C@H]1CNC[C@H]2CCC[C@H]21. The molecule has 1 aliphatic carbocycles. The minimum atomic E-state index is 0.383. The van der Waals surface area contributed by atoms with Gasteiger partial charge in [-0.25, -0.2) is 0 Å². The minimum absolute atomic E-state index is 0.383. The summed E-state index contributed by atoms with van der Waals surface area (Å²) in [4.78, 5) is 0. The molecule has 0 aromatic heterocycles. The largest absolute Gasteiger partial charge is 0.396 e. The smallest absolute Gasteiger partial charge is 0.0474 e. The number of hydrogen-bond donors (Lipinski definition) is 2. The molecule has 2 aliphatic rings. The van der Waals surface area contributed by atoms with Crippen LogP contribution in [-0.2, 0) is 0 Å². The molecule has 0 bridgehead atoms. The Balaban J connectivity index is 2.00. The molecule has 1 aliphatic heterocycles. The molecular weight excluding hydrogens is 138 g/mol. The van der Waals surface area contributed by atoms with Crippen LogP contribution in [0.4, 0.5) is 0 Å². The fourth-order valence-corrected chi connectivity index (χ4v) is 2.75. The second-order valence-corrected chi connectivity index (χ2v) is 3.96. The van der Waals surface area contributed by atoms with E-state index in [0.717, 1.165) is 18.4 Å². The number of aliphatic hydroxyl groups excluding tert-OH is 1. The maximum Gasteiger partial charge on any atom is 0.0474 e. The summed E-state index contributed by atoms with van der Waals surface area (Å²) >= 11 is 0. The van der Waals surface area contributed by atoms with E-state index in [1.807, 2.05) is 0 Å². The van der Waals surface area contributed by atoms with E-state index in [2.05, 4.69) is 5.32 Å². The quantitative estimate of drug-likeness (QED) is 0.581. The topological polar surface area (TPSA) is 32.3 Å². The summed E-state index contributed by atoms with van der Waals surface area (Å²) in [6.07, 6.45) is 4.12. The second kappa shape index (κ2) is 3.11. The van der Waals surface area contributed by atoms with Gasteiger partial charge < -0.3 is 10.4 Å². The standard InChI is InChI=1S/C9H17NO/c11-6-8-5-10-4-7-2-1-3-9(7)8/h7-11H,1-6H2/t7-,8-,9-/m1/s1. The van der Waals surface area contributed by atoms with Crippen LogP contribution in [0.1, 0.15) is 19.3 Å². The molecule has 3 atom stereocenters. The summed E-state index contributed by atoms with van der Waals surface area (Å²) in [5.41, 5.74) is 0. The van der Waals surface area contributed by atoms with Gasteiger partial charge in [0, 0.05) is 13.2 Å². The van der Waals surface area contributed by atoms with E-state index >= 15 is 0 Å². The molecule has 0 amide bonds. The molecule has 1 saturated carbocycles. The van der Waals surface area contributed by atoms with Gasteiger partial charge in [0.15, 0.2) is 0 Å². The molecule has 2 heteroatoms. The molecule has 0 aromatic rings. The van der Waals surface area contributed by atoms with E-state index in [4.69, 9.17) is 5.11 Å². The van der Waals surface area contributed by atoms with E-state index in [1.54, 1.807) is 0 Å². The van der Waals surface area contributed by atoms with Crippen LogP contribution in [0.25, 0.3) is 0 Å². The predicted molar refractivity (Wildman–Crippen MR) is 44.3 cm³/mol. The van der Waals surface area contributed by atoms with Crippen molar-refractivity contribution in [2.75, 3.05) is 19.7 Å². The van der Waals surface area contributed by atoms with Gasteiger partial charge in [-0.2, -0.15) is 0 Å². The maximum absolute atomic E-state index is 9.10. The molecule has 2 rings (SSSR count). The van der Waals surface area contributed by atoms with Crippen LogP contribution in [0.2, 0.25) is 0 Å². The molecule has 1 heterocycles. The lowest BCUT2D eigenvalue weighted by atomic mass is 9.81. The van der Waals surface area contributed by atoms with Gasteiger partial charge in [0.1, 0.15) is 0 Å². The molecule has 1 saturated heterocycles. The average Bonchev–Trinajstić information content (AvgIpc) is 2.50. The van der Waals surface area contributed by atoms with Crippen molar-refractivity contribution in [3.05, 3.63) is 0 Å². The van der Waals surface area contributed by atoms with Crippen molar-refractivity contribution in [3.63, 3.8) is 0 Å². The third-order valence-corrected chi connectivity index (χ3v) is 3.37. The fourth-order valence-electron chi connectivity index (χ4n) is 2.75. The summed E-state index contributed by atoms with van der Waals surface area (Å²) in [7, 11) is 0. The number of nitrogens with one attached hydrogen (secondary N) is 1. The zero-order chi connectivity index (χ0) is 7.68. The molecule has 64 valence electrons. The van der Waals surface area contributed by atoms with Gasteiger partial charge in [0.2, 0.25) is 0 Å². The molecule has 11 heavy (non-hydrogen) atoms. The summed E-state index contributed by atoms with van der Waals surface area (Å²) in [6, 6.07) is 0. The third-order valence-electron chi connectivity index (χ3n) is 3.37. The Kier molecular flexibility index (Phi) is 2.14. The molecule has 2 N–H and O–H groups in total. The molecular formula is C9H17NO. The molecule has 0 spiro atoms. The number of aliphatic hydroxyl groups is 1. The van der Waals surface area contributed by atoms with Crippen LogP contribution in [0.15, 0.2) is 0 Å². The maximum atomic E-state index is 9.10. The Morgan fingerprint density at radius 1 is 1.27 bits per heavy atom. The predicted octanol–water partition coefficient (Wildman–Crippen LogP) is 0.614. The molecule has 2 fully saturated rings. The highest BCUT2D eigenvalue weighted by molar-refractivity contribution is 4.88. The number of piperidine rings is 1. The van der Waals surface area contributed by atoms with Crippen molar-refractivity contribution in [1.82, 2.24) is 5.32 Å². The lowest BCUT2D eigenvalue weighted by Gasteiger charge is -2.33. The van der Waals surface area contributed by atoms with Crippen LogP contribution in [-0.4, -0.2) is 24.8 Å². The number of hydrogen-bond acceptors (Lipinski definition) is 2. The highest BCUT2D eigenvalue weighted by Crippen LogP contribution is 2.38. The number of fused-ring (bicyclic) bond motifs is 1. The fraction of sp³-hybridized carbons (Fsp3) is 1.00. The lowest BCUT2D eigenvalue weighted by molar-refractivity contribution is 0.120. The van der Waals surface area contributed by atoms with Crippen molar-refractivity contribution in [2.24, 2.45) is 17.8 Å². The zero-order valence-electron chi connectivity index (χ0n) is 6.92. The summed E-state index contributed by atoms with van der Waals surface area (Å²) in [5, 5.41) is 12.5. The highest BCUT2D eigenvalue weighted by atomic mass is 16.3. The first-order valence-electron chi connectivity index (χ1n) is 4.73. The van der Waals surface area contributed by atoms with Crippen molar-refractivity contribution in [2.45, 2.75) is 19.3 Å². The van der Waals surface area contributed by atoms with Crippen molar-refractivity contribution < 1.29 is 5.11 Å². The summed E-state index contributed by atoms with van der Waals surface area (Å²) < 4.78 is 0. The van der Waals surface area contributed by atoms with Crippen molar-refractivity contribution >= 4 is 0 Å². The van der Waals surface area contributed by atoms with Gasteiger partial charge in [0.25, 0.3) is 0 Å². The first-order chi connectivity index (χ1) is 5.42. The van der Waals surface area contributed by atoms with Gasteiger partial charge in [-0.15, -0.1) is 0 Å². The Hall–Kier alpha value is -0.0800. The van der Waals surface area contributed by atoms with E-state index < -0.39 is 0 Å². The summed E-state index contributed by atoms with van der Waals surface area (Å²) in [6.45, 7) is 2.62. The van der Waals surface area contributed by atoms with Gasteiger partial charge in [0.05, 0.1) is 0 Å². The molecule has 0 unspecified atom stereocenters. The third kappa shape index (κ3) is 1.30. The van der Waals surface area contributed by atoms with Crippen LogP contribution < -0.4 is 5.32 Å². The molecule has 2 nitrogen and oxygen atoms in total. The normalized spacial score (nSPS) is 43.9. The van der Waals surface area contributed by atoms with Crippen LogP contribution in [0, 0.1) is 17.8 Å². The van der Waals surface area contributed by atoms with Crippen LogP contribution in [0.3, 0.4) is 0 Å². The van der Waals surface area contributed by atoms with Gasteiger partial charge >= 0.3 is 0 Å². The lowest BCUT2D eigenvalue weighted by Crippen LogP contribution is -2.42. The van der Waals surface area contributed by atoms with Gasteiger partial charge in [-0.05, 0) is 37.1 Å². The molecule has 0 aromatic carbocycles. The van der Waals surface area contributed by atoms with Crippen LogP contribution >= 0.6 is 0 Å². The number of rotatable bonds is 1. The highest BCUT2D eigenvalue weighted by Gasteiger charge is 2.35. The van der Waals surface area contributed by atoms with Gasteiger partial charge in [-0.1, -0.05) is 6.42 Å². The van der Waals surface area contributed by atoms with E-state index in [1.165, 1.54) is 25.8 Å². The van der Waals surface area contributed by atoms with E-state index in [9.17, 15) is 0 Å². The Morgan fingerprint density at radius 2 is 2.18 bits per heavy atom. The first-order valence-corrected chi connectivity index (χ1v) is 4.73. The zero-order valence-corrected chi connectivity index (χ0v) is 6.92. The van der Waals surface area contributed by atoms with Crippen molar-refractivity contribution in [3.8, 4) is 0 Å². The average molecular weight is 155 g/mol. The first kappa shape index (κ1) is 7.56. The van der Waals surface area contributed by atoms with Gasteiger partial charge in [-0.3, -0.25) is 0 Å². The Morgan fingerprint density at radius 3 is 3.00 bits per heavy atom. The minimum Gasteiger partial charge on any atom is -0.396 e.